The molecule has 0 fully saturated rings. The Morgan fingerprint density at radius 2 is 1.83 bits per heavy atom. The summed E-state index contributed by atoms with van der Waals surface area (Å²) in [6, 6.07) is 12.7. The van der Waals surface area contributed by atoms with Gasteiger partial charge in [-0.25, -0.2) is 0 Å². The molecule has 2 aromatic rings. The first-order valence-corrected chi connectivity index (χ1v) is 10.2. The third-order valence-corrected chi connectivity index (χ3v) is 5.28. The van der Waals surface area contributed by atoms with Crippen molar-refractivity contribution in [1.29, 1.82) is 0 Å². The van der Waals surface area contributed by atoms with Gasteiger partial charge in [0.1, 0.15) is 25.5 Å². The van der Waals surface area contributed by atoms with Crippen molar-refractivity contribution in [2.45, 2.75) is 32.9 Å². The Balaban J connectivity index is 1.52. The average Bonchev–Trinajstić information content (AvgIpc) is 2.74. The standard InChI is InChI=1S/C23H26N2O5/c1-14(2)22(16-8-9-19-20(12-16)29-11-10-28-19)24-21(26)13-25-17-6-4-5-7-18(17)30-15(3)23(25)27/h4-9,12,14-15,22H,10-11,13H2,1-3H3,(H,24,26). The molecular formula is C23H26N2O5. The normalized spacial score (nSPS) is 18.5. The van der Waals surface area contributed by atoms with Crippen LogP contribution in [0.2, 0.25) is 0 Å². The van der Waals surface area contributed by atoms with Crippen LogP contribution in [-0.2, 0) is 9.59 Å². The van der Waals surface area contributed by atoms with Gasteiger partial charge in [0.15, 0.2) is 17.6 Å². The highest BCUT2D eigenvalue weighted by Crippen LogP contribution is 2.35. The van der Waals surface area contributed by atoms with Crippen LogP contribution in [0, 0.1) is 5.92 Å². The zero-order valence-corrected chi connectivity index (χ0v) is 17.4. The summed E-state index contributed by atoms with van der Waals surface area (Å²) in [4.78, 5) is 27.1. The number of hydrogen-bond acceptors (Lipinski definition) is 5. The van der Waals surface area contributed by atoms with Gasteiger partial charge >= 0.3 is 0 Å². The highest BCUT2D eigenvalue weighted by Gasteiger charge is 2.33. The number of rotatable bonds is 5. The van der Waals surface area contributed by atoms with Gasteiger partial charge in [0.25, 0.3) is 5.91 Å². The number of nitrogens with zero attached hydrogens (tertiary/aromatic N) is 1. The smallest absolute Gasteiger partial charge is 0.268 e. The summed E-state index contributed by atoms with van der Waals surface area (Å²) in [5.41, 5.74) is 1.54. The number of nitrogens with one attached hydrogen (secondary N) is 1. The molecular weight excluding hydrogens is 384 g/mol. The molecule has 7 heteroatoms. The molecule has 0 saturated heterocycles. The molecule has 2 amide bonds. The van der Waals surface area contributed by atoms with Crippen LogP contribution in [0.5, 0.6) is 17.2 Å². The van der Waals surface area contributed by atoms with Crippen LogP contribution in [0.4, 0.5) is 5.69 Å². The lowest BCUT2D eigenvalue weighted by atomic mass is 9.95. The topological polar surface area (TPSA) is 77.1 Å². The summed E-state index contributed by atoms with van der Waals surface area (Å²) in [5, 5.41) is 3.08. The number of anilines is 1. The predicted octanol–water partition coefficient (Wildman–Crippen LogP) is 3.09. The van der Waals surface area contributed by atoms with Crippen molar-refractivity contribution in [3.05, 3.63) is 48.0 Å². The van der Waals surface area contributed by atoms with Gasteiger partial charge in [-0.05, 0) is 42.7 Å². The molecule has 1 N–H and O–H groups in total. The molecule has 0 aromatic heterocycles. The number of para-hydroxylation sites is 2. The third kappa shape index (κ3) is 3.92. The molecule has 0 aliphatic carbocycles. The van der Waals surface area contributed by atoms with E-state index in [-0.39, 0.29) is 30.3 Å². The van der Waals surface area contributed by atoms with Crippen molar-refractivity contribution < 1.29 is 23.8 Å². The predicted molar refractivity (Wildman–Crippen MR) is 112 cm³/mol. The van der Waals surface area contributed by atoms with Crippen LogP contribution in [0.15, 0.2) is 42.5 Å². The van der Waals surface area contributed by atoms with Gasteiger partial charge in [-0.15, -0.1) is 0 Å². The lowest BCUT2D eigenvalue weighted by Crippen LogP contribution is -2.49. The van der Waals surface area contributed by atoms with E-state index in [1.807, 2.05) is 44.2 Å². The second-order valence-corrected chi connectivity index (χ2v) is 7.84. The van der Waals surface area contributed by atoms with E-state index >= 15 is 0 Å². The molecule has 2 heterocycles. The van der Waals surface area contributed by atoms with E-state index in [0.717, 1.165) is 5.56 Å². The van der Waals surface area contributed by atoms with Gasteiger partial charge in [0.05, 0.1) is 11.7 Å². The Morgan fingerprint density at radius 3 is 2.60 bits per heavy atom. The number of ether oxygens (including phenoxy) is 3. The maximum atomic E-state index is 12.9. The van der Waals surface area contributed by atoms with Crippen molar-refractivity contribution in [3.63, 3.8) is 0 Å². The molecule has 158 valence electrons. The summed E-state index contributed by atoms with van der Waals surface area (Å²) in [6.45, 7) is 6.74. The van der Waals surface area contributed by atoms with Gasteiger partial charge in [-0.1, -0.05) is 32.0 Å². The number of carbonyl (C=O) groups excluding carboxylic acids is 2. The van der Waals surface area contributed by atoms with E-state index < -0.39 is 6.10 Å². The Labute approximate surface area is 175 Å². The maximum absolute atomic E-state index is 12.9. The number of carbonyl (C=O) groups is 2. The molecule has 2 aliphatic heterocycles. The fraction of sp³-hybridized carbons (Fsp3) is 0.391. The largest absolute Gasteiger partial charge is 0.486 e. The molecule has 2 unspecified atom stereocenters. The highest BCUT2D eigenvalue weighted by atomic mass is 16.6. The summed E-state index contributed by atoms with van der Waals surface area (Å²) in [6.07, 6.45) is -0.633. The fourth-order valence-corrected chi connectivity index (χ4v) is 3.77. The summed E-state index contributed by atoms with van der Waals surface area (Å²) in [5.74, 6) is 1.67. The Hall–Kier alpha value is -3.22. The van der Waals surface area contributed by atoms with Crippen LogP contribution in [-0.4, -0.2) is 37.7 Å². The molecule has 0 radical (unpaired) electrons. The SMILES string of the molecule is CC1Oc2ccccc2N(CC(=O)NC(c2ccc3c(c2)OCCO3)C(C)C)C1=O. The van der Waals surface area contributed by atoms with E-state index in [1.54, 1.807) is 19.1 Å². The second kappa shape index (κ2) is 8.26. The Kier molecular flexibility index (Phi) is 5.53. The van der Waals surface area contributed by atoms with E-state index in [1.165, 1.54) is 4.90 Å². The molecule has 2 aromatic carbocycles. The zero-order valence-electron chi connectivity index (χ0n) is 17.4. The lowest BCUT2D eigenvalue weighted by Gasteiger charge is -2.33. The molecule has 4 rings (SSSR count). The first-order chi connectivity index (χ1) is 14.4. The Bertz CT molecular complexity index is 958. The molecule has 0 spiro atoms. The minimum atomic E-state index is -0.633. The van der Waals surface area contributed by atoms with Crippen molar-refractivity contribution in [3.8, 4) is 17.2 Å². The second-order valence-electron chi connectivity index (χ2n) is 7.84. The summed E-state index contributed by atoms with van der Waals surface area (Å²) in [7, 11) is 0. The number of amides is 2. The summed E-state index contributed by atoms with van der Waals surface area (Å²) >= 11 is 0. The van der Waals surface area contributed by atoms with Crippen LogP contribution in [0.3, 0.4) is 0 Å². The average molecular weight is 410 g/mol. The van der Waals surface area contributed by atoms with Crippen LogP contribution in [0.25, 0.3) is 0 Å². The van der Waals surface area contributed by atoms with Gasteiger partial charge in [-0.2, -0.15) is 0 Å². The molecule has 30 heavy (non-hydrogen) atoms. The van der Waals surface area contributed by atoms with Crippen molar-refractivity contribution in [2.75, 3.05) is 24.7 Å². The maximum Gasteiger partial charge on any atom is 0.268 e. The van der Waals surface area contributed by atoms with Gasteiger partial charge in [-0.3, -0.25) is 14.5 Å². The number of benzene rings is 2. The van der Waals surface area contributed by atoms with Crippen molar-refractivity contribution >= 4 is 17.5 Å². The first-order valence-electron chi connectivity index (χ1n) is 10.2. The minimum Gasteiger partial charge on any atom is -0.486 e. The van der Waals surface area contributed by atoms with E-state index in [9.17, 15) is 9.59 Å². The van der Waals surface area contributed by atoms with Gasteiger partial charge < -0.3 is 19.5 Å². The van der Waals surface area contributed by atoms with Crippen LogP contribution in [0.1, 0.15) is 32.4 Å². The minimum absolute atomic E-state index is 0.0721. The first kappa shape index (κ1) is 20.1. The number of fused-ring (bicyclic) bond motifs is 2. The highest BCUT2D eigenvalue weighted by molar-refractivity contribution is 6.03. The molecule has 2 atom stereocenters. The molecule has 2 aliphatic rings. The quantitative estimate of drug-likeness (QED) is 0.820. The van der Waals surface area contributed by atoms with Crippen molar-refractivity contribution in [1.82, 2.24) is 5.32 Å². The van der Waals surface area contributed by atoms with Gasteiger partial charge in [0.2, 0.25) is 5.91 Å². The third-order valence-electron chi connectivity index (χ3n) is 5.28. The lowest BCUT2D eigenvalue weighted by molar-refractivity contribution is -0.128. The summed E-state index contributed by atoms with van der Waals surface area (Å²) < 4.78 is 16.9. The molecule has 7 nitrogen and oxygen atoms in total. The van der Waals surface area contributed by atoms with Gasteiger partial charge in [0, 0.05) is 0 Å². The van der Waals surface area contributed by atoms with E-state index in [2.05, 4.69) is 5.32 Å². The Morgan fingerprint density at radius 1 is 1.10 bits per heavy atom. The number of hydrogen-bond donors (Lipinski definition) is 1. The molecule has 0 bridgehead atoms. The fourth-order valence-electron chi connectivity index (χ4n) is 3.77. The zero-order chi connectivity index (χ0) is 21.3. The van der Waals surface area contributed by atoms with Crippen molar-refractivity contribution in [2.24, 2.45) is 5.92 Å². The van der Waals surface area contributed by atoms with E-state index in [4.69, 9.17) is 14.2 Å². The van der Waals surface area contributed by atoms with E-state index in [0.29, 0.717) is 36.1 Å². The monoisotopic (exact) mass is 410 g/mol. The van der Waals surface area contributed by atoms with Crippen LogP contribution >= 0.6 is 0 Å². The van der Waals surface area contributed by atoms with Crippen LogP contribution < -0.4 is 24.4 Å². The molecule has 0 saturated carbocycles.